The number of aryl methyl sites for hydroxylation is 1. The van der Waals surface area contributed by atoms with E-state index in [1.54, 1.807) is 13.2 Å². The van der Waals surface area contributed by atoms with Gasteiger partial charge in [0.05, 0.1) is 18.5 Å². The average Bonchev–Trinajstić information content (AvgIpc) is 2.84. The van der Waals surface area contributed by atoms with E-state index >= 15 is 0 Å². The molecule has 0 aliphatic rings. The lowest BCUT2D eigenvalue weighted by atomic mass is 10.3. The molecule has 8 heteroatoms. The normalized spacial score (nSPS) is 10.8. The fourth-order valence-corrected chi connectivity index (χ4v) is 2.56. The first-order valence-corrected chi connectivity index (χ1v) is 7.56. The van der Waals surface area contributed by atoms with E-state index in [1.807, 2.05) is 0 Å². The number of pyridine rings is 1. The number of aliphatic hydroxyl groups is 1. The number of nitrogens with zero attached hydrogens (tertiary/aromatic N) is 3. The molecule has 0 amide bonds. The second kappa shape index (κ2) is 6.39. The zero-order valence-electron chi connectivity index (χ0n) is 11.3. The van der Waals surface area contributed by atoms with Gasteiger partial charge in [0.2, 0.25) is 0 Å². The molecular formula is C13H14N4O3S. The third kappa shape index (κ3) is 4.05. The SMILES string of the molecule is Cn1cc(NS(=O)(=O)c2cncc(C#CCCO)c2)cn1. The Balaban J connectivity index is 2.24. The summed E-state index contributed by atoms with van der Waals surface area (Å²) in [6.07, 6.45) is 6.00. The summed E-state index contributed by atoms with van der Waals surface area (Å²) in [5, 5.41) is 12.6. The maximum absolute atomic E-state index is 12.2. The fraction of sp³-hybridized carbons (Fsp3) is 0.231. The number of hydrogen-bond donors (Lipinski definition) is 2. The quantitative estimate of drug-likeness (QED) is 0.794. The second-order valence-corrected chi connectivity index (χ2v) is 5.88. The van der Waals surface area contributed by atoms with Gasteiger partial charge in [0.15, 0.2) is 0 Å². The highest BCUT2D eigenvalue weighted by Crippen LogP contribution is 2.15. The van der Waals surface area contributed by atoms with Crippen LogP contribution in [-0.4, -0.2) is 34.9 Å². The van der Waals surface area contributed by atoms with Crippen LogP contribution >= 0.6 is 0 Å². The van der Waals surface area contributed by atoms with Crippen molar-refractivity contribution in [1.82, 2.24) is 14.8 Å². The van der Waals surface area contributed by atoms with E-state index in [4.69, 9.17) is 5.11 Å². The molecule has 0 radical (unpaired) electrons. The van der Waals surface area contributed by atoms with E-state index in [0.717, 1.165) is 0 Å². The van der Waals surface area contributed by atoms with Crippen LogP contribution in [0.25, 0.3) is 0 Å². The maximum atomic E-state index is 12.2. The molecular weight excluding hydrogens is 292 g/mol. The molecule has 7 nitrogen and oxygen atoms in total. The Bertz CT molecular complexity index is 787. The van der Waals surface area contributed by atoms with E-state index in [1.165, 1.54) is 29.3 Å². The van der Waals surface area contributed by atoms with Gasteiger partial charge in [-0.25, -0.2) is 8.42 Å². The first-order chi connectivity index (χ1) is 10.0. The molecule has 0 aliphatic heterocycles. The molecule has 2 rings (SSSR count). The molecule has 0 fully saturated rings. The lowest BCUT2D eigenvalue weighted by Crippen LogP contribution is -2.13. The molecule has 2 aromatic rings. The van der Waals surface area contributed by atoms with Crippen molar-refractivity contribution >= 4 is 15.7 Å². The minimum absolute atomic E-state index is 0.0159. The number of sulfonamides is 1. The van der Waals surface area contributed by atoms with Crippen molar-refractivity contribution in [3.8, 4) is 11.8 Å². The fourth-order valence-electron chi connectivity index (χ4n) is 1.54. The zero-order valence-corrected chi connectivity index (χ0v) is 12.1. The van der Waals surface area contributed by atoms with Crippen LogP contribution in [0, 0.1) is 11.8 Å². The van der Waals surface area contributed by atoms with Crippen molar-refractivity contribution in [2.45, 2.75) is 11.3 Å². The van der Waals surface area contributed by atoms with Gasteiger partial charge in [-0.2, -0.15) is 5.10 Å². The third-order valence-electron chi connectivity index (χ3n) is 2.45. The number of hydrogen-bond acceptors (Lipinski definition) is 5. The van der Waals surface area contributed by atoms with Gasteiger partial charge in [-0.3, -0.25) is 14.4 Å². The van der Waals surface area contributed by atoms with Crippen molar-refractivity contribution in [2.75, 3.05) is 11.3 Å². The molecule has 2 aromatic heterocycles. The Hall–Kier alpha value is -2.37. The van der Waals surface area contributed by atoms with Gasteiger partial charge in [0, 0.05) is 37.6 Å². The third-order valence-corrected chi connectivity index (χ3v) is 3.80. The predicted octanol–water partition coefficient (Wildman–Crippen LogP) is 0.350. The minimum Gasteiger partial charge on any atom is -0.395 e. The molecule has 21 heavy (non-hydrogen) atoms. The largest absolute Gasteiger partial charge is 0.395 e. The predicted molar refractivity (Wildman–Crippen MR) is 76.8 cm³/mol. The average molecular weight is 306 g/mol. The summed E-state index contributed by atoms with van der Waals surface area (Å²) in [7, 11) is -2.04. The van der Waals surface area contributed by atoms with Gasteiger partial charge in [0.25, 0.3) is 10.0 Å². The van der Waals surface area contributed by atoms with E-state index in [0.29, 0.717) is 17.7 Å². The van der Waals surface area contributed by atoms with E-state index in [9.17, 15) is 8.42 Å². The second-order valence-electron chi connectivity index (χ2n) is 4.19. The number of rotatable bonds is 4. The Morgan fingerprint density at radius 1 is 1.38 bits per heavy atom. The number of anilines is 1. The Morgan fingerprint density at radius 3 is 2.86 bits per heavy atom. The van der Waals surface area contributed by atoms with Crippen LogP contribution in [0.4, 0.5) is 5.69 Å². The van der Waals surface area contributed by atoms with Crippen molar-refractivity contribution in [3.05, 3.63) is 36.4 Å². The van der Waals surface area contributed by atoms with Gasteiger partial charge >= 0.3 is 0 Å². The first kappa shape index (κ1) is 15.0. The van der Waals surface area contributed by atoms with E-state index < -0.39 is 10.0 Å². The van der Waals surface area contributed by atoms with Crippen molar-refractivity contribution in [1.29, 1.82) is 0 Å². The van der Waals surface area contributed by atoms with Crippen LogP contribution in [0.5, 0.6) is 0 Å². The van der Waals surface area contributed by atoms with Crippen molar-refractivity contribution in [3.63, 3.8) is 0 Å². The molecule has 0 atom stereocenters. The summed E-state index contributed by atoms with van der Waals surface area (Å²) >= 11 is 0. The van der Waals surface area contributed by atoms with Crippen LogP contribution in [0.3, 0.4) is 0 Å². The number of nitrogens with one attached hydrogen (secondary N) is 1. The van der Waals surface area contributed by atoms with Gasteiger partial charge in [-0.1, -0.05) is 11.8 Å². The minimum atomic E-state index is -3.74. The Morgan fingerprint density at radius 2 is 2.19 bits per heavy atom. The molecule has 0 saturated carbocycles. The van der Waals surface area contributed by atoms with Crippen molar-refractivity contribution < 1.29 is 13.5 Å². The molecule has 0 bridgehead atoms. The summed E-state index contributed by atoms with van der Waals surface area (Å²) in [6.45, 7) is -0.0407. The summed E-state index contributed by atoms with van der Waals surface area (Å²) in [5.41, 5.74) is 0.840. The molecule has 2 N–H and O–H groups in total. The topological polar surface area (TPSA) is 97.1 Å². The maximum Gasteiger partial charge on any atom is 0.263 e. The van der Waals surface area contributed by atoms with Crippen LogP contribution in [0.2, 0.25) is 0 Å². The number of aliphatic hydroxyl groups excluding tert-OH is 1. The Kier molecular flexibility index (Phi) is 4.57. The van der Waals surface area contributed by atoms with Crippen molar-refractivity contribution in [2.24, 2.45) is 7.05 Å². The lowest BCUT2D eigenvalue weighted by molar-refractivity contribution is 0.305. The van der Waals surface area contributed by atoms with Crippen LogP contribution in [-0.2, 0) is 17.1 Å². The lowest BCUT2D eigenvalue weighted by Gasteiger charge is -2.05. The molecule has 0 saturated heterocycles. The van der Waals surface area contributed by atoms with Gasteiger partial charge < -0.3 is 5.11 Å². The molecule has 0 spiro atoms. The monoisotopic (exact) mass is 306 g/mol. The highest BCUT2D eigenvalue weighted by atomic mass is 32.2. The highest BCUT2D eigenvalue weighted by Gasteiger charge is 2.15. The standard InChI is InChI=1S/C13H14N4O3S/c1-17-10-12(8-15-17)16-21(19,20)13-6-11(7-14-9-13)4-2-3-5-18/h6-10,16,18H,3,5H2,1H3. The summed E-state index contributed by atoms with van der Waals surface area (Å²) < 4.78 is 28.3. The van der Waals surface area contributed by atoms with E-state index in [-0.39, 0.29) is 11.5 Å². The zero-order chi connectivity index (χ0) is 15.3. The van der Waals surface area contributed by atoms with Crippen LogP contribution in [0.15, 0.2) is 35.7 Å². The van der Waals surface area contributed by atoms with E-state index in [2.05, 4.69) is 26.6 Å². The van der Waals surface area contributed by atoms with Crippen LogP contribution in [0.1, 0.15) is 12.0 Å². The summed E-state index contributed by atoms with van der Waals surface area (Å²) in [6, 6.07) is 1.43. The molecule has 0 aromatic carbocycles. The number of aromatic nitrogens is 3. The van der Waals surface area contributed by atoms with Gasteiger partial charge in [0.1, 0.15) is 4.90 Å². The smallest absolute Gasteiger partial charge is 0.263 e. The summed E-state index contributed by atoms with van der Waals surface area (Å²) in [4.78, 5) is 3.89. The highest BCUT2D eigenvalue weighted by molar-refractivity contribution is 7.92. The van der Waals surface area contributed by atoms with Gasteiger partial charge in [-0.05, 0) is 6.07 Å². The van der Waals surface area contributed by atoms with Crippen LogP contribution < -0.4 is 4.72 Å². The molecule has 2 heterocycles. The molecule has 0 unspecified atom stereocenters. The summed E-state index contributed by atoms with van der Waals surface area (Å²) in [5.74, 6) is 5.46. The first-order valence-electron chi connectivity index (χ1n) is 6.07. The Labute approximate surface area is 122 Å². The molecule has 110 valence electrons. The molecule has 0 aliphatic carbocycles. The van der Waals surface area contributed by atoms with Gasteiger partial charge in [-0.15, -0.1) is 0 Å².